The molecule has 1 atom stereocenters. The standard InChI is InChI=1S/C18H14N2O2/c21-17-14-7-3-4-8-15(14)18(22)20(17)11-16-13-6-2-1-5-12(13)9-10-19-16/h1-8,10,16H,9,11H2/t16-/m0/s1. The van der Waals surface area contributed by atoms with Gasteiger partial charge in [-0.2, -0.15) is 0 Å². The van der Waals surface area contributed by atoms with Crippen molar-refractivity contribution < 1.29 is 9.59 Å². The number of hydrogen-bond acceptors (Lipinski definition) is 3. The van der Waals surface area contributed by atoms with E-state index in [0.29, 0.717) is 17.7 Å². The summed E-state index contributed by atoms with van der Waals surface area (Å²) in [6, 6.07) is 14.8. The molecule has 4 heteroatoms. The lowest BCUT2D eigenvalue weighted by atomic mass is 9.96. The normalized spacial score (nSPS) is 19.3. The molecule has 2 aromatic rings. The quantitative estimate of drug-likeness (QED) is 0.798. The molecule has 2 aliphatic heterocycles. The number of imide groups is 1. The Morgan fingerprint density at radius 2 is 1.59 bits per heavy atom. The van der Waals surface area contributed by atoms with Gasteiger partial charge >= 0.3 is 0 Å². The topological polar surface area (TPSA) is 49.7 Å². The van der Waals surface area contributed by atoms with Crippen LogP contribution in [0.2, 0.25) is 0 Å². The summed E-state index contributed by atoms with van der Waals surface area (Å²) < 4.78 is 0. The maximum absolute atomic E-state index is 12.4. The van der Waals surface area contributed by atoms with Gasteiger partial charge in [-0.15, -0.1) is 0 Å². The molecule has 0 fully saturated rings. The highest BCUT2D eigenvalue weighted by Crippen LogP contribution is 2.30. The second-order valence-corrected chi connectivity index (χ2v) is 5.52. The number of carbonyl (C=O) groups excluding carboxylic acids is 2. The molecule has 0 bridgehead atoms. The first-order chi connectivity index (χ1) is 10.8. The predicted octanol–water partition coefficient (Wildman–Crippen LogP) is 2.65. The van der Waals surface area contributed by atoms with Gasteiger partial charge in [0.25, 0.3) is 11.8 Å². The van der Waals surface area contributed by atoms with E-state index < -0.39 is 0 Å². The molecular formula is C18H14N2O2. The molecule has 22 heavy (non-hydrogen) atoms. The van der Waals surface area contributed by atoms with Crippen molar-refractivity contribution in [1.82, 2.24) is 4.90 Å². The minimum absolute atomic E-state index is 0.174. The van der Waals surface area contributed by atoms with Gasteiger partial charge in [0, 0.05) is 12.6 Å². The fraction of sp³-hybridized carbons (Fsp3) is 0.167. The van der Waals surface area contributed by atoms with E-state index in [1.807, 2.05) is 24.4 Å². The molecule has 0 unspecified atom stereocenters. The Balaban J connectivity index is 1.66. The first-order valence-electron chi connectivity index (χ1n) is 7.30. The van der Waals surface area contributed by atoms with Crippen LogP contribution in [0.3, 0.4) is 0 Å². The first-order valence-corrected chi connectivity index (χ1v) is 7.30. The number of hydrogen-bond donors (Lipinski definition) is 0. The van der Waals surface area contributed by atoms with Crippen LogP contribution in [0.1, 0.15) is 37.9 Å². The van der Waals surface area contributed by atoms with Crippen molar-refractivity contribution in [2.45, 2.75) is 12.5 Å². The van der Waals surface area contributed by atoms with E-state index >= 15 is 0 Å². The lowest BCUT2D eigenvalue weighted by Crippen LogP contribution is -2.34. The van der Waals surface area contributed by atoms with Crippen LogP contribution in [-0.4, -0.2) is 29.5 Å². The van der Waals surface area contributed by atoms with Crippen molar-refractivity contribution >= 4 is 18.0 Å². The summed E-state index contributed by atoms with van der Waals surface area (Å²) in [5.74, 6) is -0.447. The van der Waals surface area contributed by atoms with Crippen LogP contribution in [0.4, 0.5) is 0 Å². The maximum Gasteiger partial charge on any atom is 0.261 e. The fourth-order valence-electron chi connectivity index (χ4n) is 3.13. The van der Waals surface area contributed by atoms with E-state index in [1.165, 1.54) is 10.5 Å². The zero-order valence-electron chi connectivity index (χ0n) is 11.9. The second-order valence-electron chi connectivity index (χ2n) is 5.52. The summed E-state index contributed by atoms with van der Waals surface area (Å²) in [6.07, 6.45) is 2.67. The van der Waals surface area contributed by atoms with E-state index in [1.54, 1.807) is 24.3 Å². The molecule has 108 valence electrons. The van der Waals surface area contributed by atoms with Gasteiger partial charge in [-0.25, -0.2) is 0 Å². The summed E-state index contributed by atoms with van der Waals surface area (Å²) >= 11 is 0. The largest absolute Gasteiger partial charge is 0.287 e. The molecule has 4 nitrogen and oxygen atoms in total. The molecule has 0 spiro atoms. The van der Waals surface area contributed by atoms with E-state index in [9.17, 15) is 9.59 Å². The molecule has 0 aliphatic carbocycles. The predicted molar refractivity (Wildman–Crippen MR) is 83.2 cm³/mol. The molecule has 0 aromatic heterocycles. The van der Waals surface area contributed by atoms with Gasteiger partial charge in [0.05, 0.1) is 23.7 Å². The third-order valence-electron chi connectivity index (χ3n) is 4.24. The molecule has 2 aromatic carbocycles. The molecule has 4 rings (SSSR count). The molecule has 0 N–H and O–H groups in total. The van der Waals surface area contributed by atoms with E-state index in [2.05, 4.69) is 11.1 Å². The summed E-state index contributed by atoms with van der Waals surface area (Å²) in [6.45, 7) is 0.292. The van der Waals surface area contributed by atoms with Crippen molar-refractivity contribution in [2.75, 3.05) is 6.54 Å². The Hall–Kier alpha value is -2.75. The van der Waals surface area contributed by atoms with Crippen LogP contribution >= 0.6 is 0 Å². The van der Waals surface area contributed by atoms with Crippen molar-refractivity contribution in [3.8, 4) is 0 Å². The van der Waals surface area contributed by atoms with Gasteiger partial charge in [-0.05, 0) is 23.3 Å². The van der Waals surface area contributed by atoms with E-state index in [0.717, 1.165) is 12.0 Å². The Morgan fingerprint density at radius 3 is 2.32 bits per heavy atom. The van der Waals surface area contributed by atoms with Crippen molar-refractivity contribution in [2.24, 2.45) is 4.99 Å². The van der Waals surface area contributed by atoms with Gasteiger partial charge in [0.2, 0.25) is 0 Å². The summed E-state index contributed by atoms with van der Waals surface area (Å²) in [7, 11) is 0. The number of aliphatic imine (C=N–C) groups is 1. The zero-order chi connectivity index (χ0) is 15.1. The molecule has 0 saturated heterocycles. The average Bonchev–Trinajstić information content (AvgIpc) is 2.81. The van der Waals surface area contributed by atoms with E-state index in [-0.39, 0.29) is 17.9 Å². The third-order valence-corrected chi connectivity index (χ3v) is 4.24. The summed E-state index contributed by atoms with van der Waals surface area (Å²) in [5, 5.41) is 0. The van der Waals surface area contributed by atoms with Crippen LogP contribution < -0.4 is 0 Å². The lowest BCUT2D eigenvalue weighted by Gasteiger charge is -2.24. The van der Waals surface area contributed by atoms with Gasteiger partial charge in [0.15, 0.2) is 0 Å². The second kappa shape index (κ2) is 4.91. The molecule has 2 heterocycles. The molecule has 0 radical (unpaired) electrons. The molecule has 2 amide bonds. The minimum atomic E-state index is -0.223. The number of fused-ring (bicyclic) bond motifs is 2. The lowest BCUT2D eigenvalue weighted by molar-refractivity contribution is 0.0645. The number of nitrogens with zero attached hydrogens (tertiary/aromatic N) is 2. The van der Waals surface area contributed by atoms with Gasteiger partial charge < -0.3 is 0 Å². The highest BCUT2D eigenvalue weighted by atomic mass is 16.2. The number of amides is 2. The Kier molecular flexibility index (Phi) is 2.89. The minimum Gasteiger partial charge on any atom is -0.287 e. The van der Waals surface area contributed by atoms with Crippen molar-refractivity contribution in [3.05, 3.63) is 70.8 Å². The summed E-state index contributed by atoms with van der Waals surface area (Å²) in [4.78, 5) is 30.7. The maximum atomic E-state index is 12.4. The monoisotopic (exact) mass is 290 g/mol. The third kappa shape index (κ3) is 1.88. The highest BCUT2D eigenvalue weighted by Gasteiger charge is 2.37. The summed E-state index contributed by atoms with van der Waals surface area (Å²) in [5.41, 5.74) is 3.28. The Morgan fingerprint density at radius 1 is 0.955 bits per heavy atom. The van der Waals surface area contributed by atoms with Crippen LogP contribution in [0.25, 0.3) is 0 Å². The molecule has 2 aliphatic rings. The number of rotatable bonds is 2. The molecule has 0 saturated carbocycles. The first kappa shape index (κ1) is 13.0. The van der Waals surface area contributed by atoms with Crippen LogP contribution in [0.15, 0.2) is 53.5 Å². The average molecular weight is 290 g/mol. The Labute approximate surface area is 128 Å². The van der Waals surface area contributed by atoms with Gasteiger partial charge in [-0.3, -0.25) is 19.5 Å². The molecular weight excluding hydrogens is 276 g/mol. The van der Waals surface area contributed by atoms with E-state index in [4.69, 9.17) is 0 Å². The van der Waals surface area contributed by atoms with Crippen LogP contribution in [0.5, 0.6) is 0 Å². The van der Waals surface area contributed by atoms with Gasteiger partial charge in [-0.1, -0.05) is 36.4 Å². The SMILES string of the molecule is O=C1c2ccccc2C(=O)N1C[C@@H]1N=CCc2ccccc21. The van der Waals surface area contributed by atoms with Crippen LogP contribution in [0, 0.1) is 0 Å². The van der Waals surface area contributed by atoms with Gasteiger partial charge in [0.1, 0.15) is 0 Å². The number of benzene rings is 2. The Bertz CT molecular complexity index is 775. The number of carbonyl (C=O) groups is 2. The van der Waals surface area contributed by atoms with Crippen LogP contribution in [-0.2, 0) is 6.42 Å². The zero-order valence-corrected chi connectivity index (χ0v) is 11.9. The highest BCUT2D eigenvalue weighted by molar-refractivity contribution is 6.21. The smallest absolute Gasteiger partial charge is 0.261 e. The van der Waals surface area contributed by atoms with Crippen molar-refractivity contribution in [1.29, 1.82) is 0 Å². The van der Waals surface area contributed by atoms with Crippen molar-refractivity contribution in [3.63, 3.8) is 0 Å². The fourth-order valence-corrected chi connectivity index (χ4v) is 3.13.